The third kappa shape index (κ3) is 3.82. The van der Waals surface area contributed by atoms with Crippen LogP contribution in [0.2, 0.25) is 0 Å². The minimum atomic E-state index is -0.394. The quantitative estimate of drug-likeness (QED) is 0.787. The molecule has 0 saturated heterocycles. The molecule has 0 unspecified atom stereocenters. The highest BCUT2D eigenvalue weighted by Gasteiger charge is 2.07. The molecule has 0 aliphatic rings. The second-order valence-corrected chi connectivity index (χ2v) is 5.48. The number of carbonyl (C=O) groups excluding carboxylic acids is 1. The number of methoxy groups -OCH3 is 1. The molecule has 2 aromatic rings. The van der Waals surface area contributed by atoms with Gasteiger partial charge < -0.3 is 9.47 Å². The summed E-state index contributed by atoms with van der Waals surface area (Å²) in [6.07, 6.45) is 1.49. The summed E-state index contributed by atoms with van der Waals surface area (Å²) in [5, 5.41) is 0. The van der Waals surface area contributed by atoms with Crippen LogP contribution in [-0.2, 0) is 11.3 Å². The number of carbonyl (C=O) groups is 1. The molecule has 2 rings (SSSR count). The van der Waals surface area contributed by atoms with E-state index in [1.807, 2.05) is 26.0 Å². The van der Waals surface area contributed by atoms with Crippen LogP contribution in [0.3, 0.4) is 0 Å². The van der Waals surface area contributed by atoms with Crippen LogP contribution in [0.15, 0.2) is 34.9 Å². The van der Waals surface area contributed by atoms with Gasteiger partial charge in [-0.25, -0.2) is 4.79 Å². The van der Waals surface area contributed by atoms with Gasteiger partial charge >= 0.3 is 5.97 Å². The molecule has 4 nitrogen and oxygen atoms in total. The molecular formula is C16H16BrNO3. The monoisotopic (exact) mass is 349 g/mol. The summed E-state index contributed by atoms with van der Waals surface area (Å²) in [6, 6.07) is 7.38. The number of aryl methyl sites for hydroxylation is 2. The summed E-state index contributed by atoms with van der Waals surface area (Å²) >= 11 is 3.53. The van der Waals surface area contributed by atoms with Gasteiger partial charge in [-0.15, -0.1) is 0 Å². The lowest BCUT2D eigenvalue weighted by Gasteiger charge is -2.10. The Labute approximate surface area is 132 Å². The molecule has 0 atom stereocenters. The van der Waals surface area contributed by atoms with Gasteiger partial charge in [-0.1, -0.05) is 15.9 Å². The zero-order chi connectivity index (χ0) is 15.4. The number of rotatable bonds is 4. The normalized spacial score (nSPS) is 10.3. The molecule has 0 spiro atoms. The fourth-order valence-electron chi connectivity index (χ4n) is 1.90. The summed E-state index contributed by atoms with van der Waals surface area (Å²) in [7, 11) is 1.34. The predicted molar refractivity (Wildman–Crippen MR) is 83.5 cm³/mol. The van der Waals surface area contributed by atoms with Crippen molar-refractivity contribution in [2.75, 3.05) is 7.11 Å². The van der Waals surface area contributed by atoms with Gasteiger partial charge in [0.05, 0.1) is 18.4 Å². The first-order valence-corrected chi connectivity index (χ1v) is 7.23. The number of aromatic nitrogens is 1. The summed E-state index contributed by atoms with van der Waals surface area (Å²) in [6.45, 7) is 4.39. The second kappa shape index (κ2) is 6.72. The van der Waals surface area contributed by atoms with Crippen LogP contribution in [0.25, 0.3) is 0 Å². The van der Waals surface area contributed by atoms with Crippen LogP contribution in [-0.4, -0.2) is 18.1 Å². The zero-order valence-electron chi connectivity index (χ0n) is 12.1. The summed E-state index contributed by atoms with van der Waals surface area (Å²) in [5.74, 6) is 0.404. The lowest BCUT2D eigenvalue weighted by atomic mass is 10.1. The van der Waals surface area contributed by atoms with Crippen molar-refractivity contribution in [3.63, 3.8) is 0 Å². The van der Waals surface area contributed by atoms with Crippen LogP contribution >= 0.6 is 15.9 Å². The topological polar surface area (TPSA) is 48.4 Å². The van der Waals surface area contributed by atoms with Gasteiger partial charge in [-0.3, -0.25) is 4.98 Å². The molecule has 1 aromatic heterocycles. The molecule has 0 amide bonds. The van der Waals surface area contributed by atoms with Crippen molar-refractivity contribution in [1.29, 1.82) is 0 Å². The molecule has 0 saturated carbocycles. The van der Waals surface area contributed by atoms with Crippen molar-refractivity contribution in [2.45, 2.75) is 20.5 Å². The molecule has 0 radical (unpaired) electrons. The Kier molecular flexibility index (Phi) is 4.96. The predicted octanol–water partition coefficient (Wildman–Crippen LogP) is 3.83. The van der Waals surface area contributed by atoms with Gasteiger partial charge in [0.1, 0.15) is 12.4 Å². The van der Waals surface area contributed by atoms with Crippen LogP contribution in [0.4, 0.5) is 0 Å². The number of nitrogens with zero attached hydrogens (tertiary/aromatic N) is 1. The number of pyridine rings is 1. The van der Waals surface area contributed by atoms with Gasteiger partial charge in [0, 0.05) is 10.7 Å². The lowest BCUT2D eigenvalue weighted by molar-refractivity contribution is 0.0600. The van der Waals surface area contributed by atoms with Crippen LogP contribution in [0, 0.1) is 13.8 Å². The minimum Gasteiger partial charge on any atom is -0.487 e. The number of ether oxygens (including phenoxy) is 2. The van der Waals surface area contributed by atoms with E-state index in [-0.39, 0.29) is 0 Å². The first kappa shape index (κ1) is 15.5. The van der Waals surface area contributed by atoms with Crippen molar-refractivity contribution in [2.24, 2.45) is 0 Å². The number of esters is 1. The van der Waals surface area contributed by atoms with E-state index in [1.165, 1.54) is 13.3 Å². The molecule has 0 aliphatic heterocycles. The standard InChI is InChI=1S/C16H16BrNO3/c1-10-6-14(7-11(2)15(10)17)21-9-13-5-4-12(8-18-13)16(19)20-3/h4-8H,9H2,1-3H3. The van der Waals surface area contributed by atoms with E-state index in [4.69, 9.17) is 4.74 Å². The molecular weight excluding hydrogens is 334 g/mol. The molecule has 1 heterocycles. The Bertz CT molecular complexity index is 630. The highest BCUT2D eigenvalue weighted by molar-refractivity contribution is 9.10. The van der Waals surface area contributed by atoms with Crippen LogP contribution in [0.1, 0.15) is 27.2 Å². The van der Waals surface area contributed by atoms with E-state index in [1.54, 1.807) is 12.1 Å². The molecule has 0 aliphatic carbocycles. The maximum atomic E-state index is 11.3. The van der Waals surface area contributed by atoms with Gasteiger partial charge in [0.25, 0.3) is 0 Å². The summed E-state index contributed by atoms with van der Waals surface area (Å²) in [5.41, 5.74) is 3.43. The van der Waals surface area contributed by atoms with E-state index in [0.29, 0.717) is 12.2 Å². The fourth-order valence-corrected chi connectivity index (χ4v) is 2.12. The van der Waals surface area contributed by atoms with Gasteiger partial charge in [-0.05, 0) is 49.2 Å². The van der Waals surface area contributed by atoms with Crippen molar-refractivity contribution in [1.82, 2.24) is 4.98 Å². The van der Waals surface area contributed by atoms with Gasteiger partial charge in [0.15, 0.2) is 0 Å². The highest BCUT2D eigenvalue weighted by atomic mass is 79.9. The average molecular weight is 350 g/mol. The Balaban J connectivity index is 2.05. The zero-order valence-corrected chi connectivity index (χ0v) is 13.7. The highest BCUT2D eigenvalue weighted by Crippen LogP contribution is 2.26. The van der Waals surface area contributed by atoms with Crippen molar-refractivity contribution in [3.8, 4) is 5.75 Å². The molecule has 0 bridgehead atoms. The Morgan fingerprint density at radius 2 is 1.90 bits per heavy atom. The summed E-state index contributed by atoms with van der Waals surface area (Å²) < 4.78 is 11.5. The minimum absolute atomic E-state index is 0.349. The number of benzene rings is 1. The maximum absolute atomic E-state index is 11.3. The number of halogens is 1. The van der Waals surface area contributed by atoms with Crippen molar-refractivity contribution < 1.29 is 14.3 Å². The molecule has 0 fully saturated rings. The maximum Gasteiger partial charge on any atom is 0.339 e. The first-order valence-electron chi connectivity index (χ1n) is 6.44. The lowest BCUT2D eigenvalue weighted by Crippen LogP contribution is -2.04. The third-order valence-electron chi connectivity index (χ3n) is 3.04. The summed E-state index contributed by atoms with van der Waals surface area (Å²) in [4.78, 5) is 15.5. The van der Waals surface area contributed by atoms with E-state index < -0.39 is 5.97 Å². The number of hydrogen-bond donors (Lipinski definition) is 0. The Morgan fingerprint density at radius 1 is 1.24 bits per heavy atom. The Morgan fingerprint density at radius 3 is 2.43 bits per heavy atom. The third-order valence-corrected chi connectivity index (χ3v) is 4.29. The average Bonchev–Trinajstić information content (AvgIpc) is 2.50. The van der Waals surface area contributed by atoms with Gasteiger partial charge in [0.2, 0.25) is 0 Å². The second-order valence-electron chi connectivity index (χ2n) is 4.69. The van der Waals surface area contributed by atoms with Gasteiger partial charge in [-0.2, -0.15) is 0 Å². The van der Waals surface area contributed by atoms with Crippen molar-refractivity contribution in [3.05, 3.63) is 57.3 Å². The Hall–Kier alpha value is -1.88. The molecule has 110 valence electrons. The smallest absolute Gasteiger partial charge is 0.339 e. The largest absolute Gasteiger partial charge is 0.487 e. The fraction of sp³-hybridized carbons (Fsp3) is 0.250. The first-order chi connectivity index (χ1) is 10.0. The molecule has 5 heteroatoms. The molecule has 21 heavy (non-hydrogen) atoms. The number of hydrogen-bond acceptors (Lipinski definition) is 4. The van der Waals surface area contributed by atoms with Crippen LogP contribution in [0.5, 0.6) is 5.75 Å². The van der Waals surface area contributed by atoms with Crippen molar-refractivity contribution >= 4 is 21.9 Å². The van der Waals surface area contributed by atoms with E-state index in [9.17, 15) is 4.79 Å². The molecule has 1 aromatic carbocycles. The van der Waals surface area contributed by atoms with E-state index >= 15 is 0 Å². The van der Waals surface area contributed by atoms with Crippen LogP contribution < -0.4 is 4.74 Å². The molecule has 0 N–H and O–H groups in total. The SMILES string of the molecule is COC(=O)c1ccc(COc2cc(C)c(Br)c(C)c2)nc1. The van der Waals surface area contributed by atoms with E-state index in [0.717, 1.165) is 27.0 Å². The van der Waals surface area contributed by atoms with E-state index in [2.05, 4.69) is 25.7 Å².